The van der Waals surface area contributed by atoms with Crippen molar-refractivity contribution in [1.82, 2.24) is 20.5 Å². The van der Waals surface area contributed by atoms with Gasteiger partial charge in [0.2, 0.25) is 11.8 Å². The van der Waals surface area contributed by atoms with Crippen LogP contribution in [0.5, 0.6) is 0 Å². The maximum atomic E-state index is 15.1. The number of nitrogens with two attached hydrogens (primary N) is 1. The molecule has 1 atom stereocenters. The highest BCUT2D eigenvalue weighted by Gasteiger charge is 2.47. The minimum Gasteiger partial charge on any atom is -0.383 e. The first kappa shape index (κ1) is 63.1. The van der Waals surface area contributed by atoms with Crippen molar-refractivity contribution in [2.45, 2.75) is 150 Å². The minimum absolute atomic E-state index is 0. The predicted octanol–water partition coefficient (Wildman–Crippen LogP) is 14.1. The van der Waals surface area contributed by atoms with Gasteiger partial charge in [-0.1, -0.05) is 80.1 Å². The zero-order valence-corrected chi connectivity index (χ0v) is 48.7. The van der Waals surface area contributed by atoms with Crippen LogP contribution in [0.25, 0.3) is 22.3 Å². The number of fused-ring (bicyclic) bond motifs is 1. The number of carbonyl (C=O) groups excluding carboxylic acids is 4. The molecule has 7 aromatic rings. The van der Waals surface area contributed by atoms with Gasteiger partial charge in [-0.05, 0) is 194 Å². The summed E-state index contributed by atoms with van der Waals surface area (Å²) in [6, 6.07) is 36.0. The molecule has 16 nitrogen and oxygen atoms in total. The number of hydrogen-bond acceptors (Lipinski definition) is 14. The first-order valence-corrected chi connectivity index (χ1v) is 29.2. The van der Waals surface area contributed by atoms with E-state index >= 15 is 4.39 Å². The molecule has 0 spiro atoms. The Hall–Kier alpha value is -8.93. The van der Waals surface area contributed by atoms with Gasteiger partial charge < -0.3 is 29.9 Å². The van der Waals surface area contributed by atoms with Crippen molar-refractivity contribution in [3.63, 3.8) is 0 Å². The summed E-state index contributed by atoms with van der Waals surface area (Å²) in [4.78, 5) is 55.7. The van der Waals surface area contributed by atoms with Gasteiger partial charge in [-0.2, -0.15) is 10.5 Å². The van der Waals surface area contributed by atoms with Gasteiger partial charge in [-0.15, -0.1) is 0 Å². The van der Waals surface area contributed by atoms with E-state index in [1.807, 2.05) is 27.7 Å². The van der Waals surface area contributed by atoms with Crippen molar-refractivity contribution in [2.75, 3.05) is 41.3 Å². The molecular weight excluding hydrogens is 1080 g/mol. The van der Waals surface area contributed by atoms with E-state index in [2.05, 4.69) is 142 Å². The number of rotatable bonds is 21. The molecule has 17 heteroatoms. The monoisotopic (exact) mass is 1160 g/mol. The molecule has 2 aliphatic heterocycles. The molecule has 0 radical (unpaired) electrons. The van der Waals surface area contributed by atoms with E-state index in [0.29, 0.717) is 19.5 Å². The Kier molecular flexibility index (Phi) is 19.5. The number of benzene rings is 5. The number of hydrogen-bond donors (Lipinski definition) is 3. The summed E-state index contributed by atoms with van der Waals surface area (Å²) in [7, 11) is 0. The summed E-state index contributed by atoms with van der Waals surface area (Å²) in [5.41, 5.74) is 19.9. The maximum Gasteiger partial charge on any atom is 0.262 e. The van der Waals surface area contributed by atoms with E-state index < -0.39 is 35.5 Å². The van der Waals surface area contributed by atoms with Crippen LogP contribution in [0.15, 0.2) is 106 Å². The number of aromatic nitrogens is 2. The number of anilines is 5. The molecule has 86 heavy (non-hydrogen) atoms. The molecule has 4 aliphatic rings. The number of halogens is 1. The number of nitriles is 2. The van der Waals surface area contributed by atoms with Crippen molar-refractivity contribution >= 4 is 52.1 Å². The number of amides is 4. The molecule has 4 amide bonds. The number of imide groups is 2. The molecule has 2 aromatic heterocycles. The largest absolute Gasteiger partial charge is 0.383 e. The molecule has 1 saturated heterocycles. The highest BCUT2D eigenvalue weighted by Crippen LogP contribution is 2.49. The Bertz CT molecular complexity index is 3690. The molecule has 4 heterocycles. The SMILES string of the molecule is C.C.Cc1ccc(-c2c(C)noc2C)cc1N(CCCCCN)c1ccc(C2(C#N)CC2)cc1.Cc1ccc(-c2c(C)noc2C)cc1N(CCCCCNc1cc2c(cc1F)C(=O)N(C1CCC(=O)NC1=O)C2=O)c1ccc(C2(C#N)CC2)cc1. The van der Waals surface area contributed by atoms with Crippen LogP contribution in [0.1, 0.15) is 158 Å². The molecule has 5 aromatic carbocycles. The molecule has 4 N–H and O–H groups in total. The number of unbranched alkanes of at least 4 members (excludes halogenated alkanes) is 4. The number of aryl methyl sites for hydroxylation is 6. The standard InChI is InChI=1S/C40H39FN6O5.C27H32N4O.2CH4/c1-23-7-8-26(36-24(2)45-52-25(36)3)19-34(23)46(28-11-9-27(10-12-28)40(22-42)15-16-40)18-6-4-5-17-43-32-21-30-29(20-31(32)41)38(50)47(39(30)51)33-13-14-35(48)44-37(33)49;1-19-7-8-22(26-20(2)30-32-21(26)3)17-25(19)31(16-6-4-5-15-28)24-11-9-23(10-12-24)27(18-29)13-14-27;;/h7-12,19-21,33,43H,4-6,13-18H2,1-3H3,(H,44,48,49);7-12,17H,4-6,13-16,28H2,1-3H3;2*1H4. The van der Waals surface area contributed by atoms with Gasteiger partial charge in [-0.25, -0.2) is 4.39 Å². The van der Waals surface area contributed by atoms with Crippen LogP contribution in [-0.4, -0.2) is 71.1 Å². The number of nitrogens with one attached hydrogen (secondary N) is 2. The lowest BCUT2D eigenvalue weighted by molar-refractivity contribution is -0.136. The quantitative estimate of drug-likeness (QED) is 0.0449. The first-order valence-electron chi connectivity index (χ1n) is 29.2. The van der Waals surface area contributed by atoms with E-state index in [4.69, 9.17) is 14.8 Å². The summed E-state index contributed by atoms with van der Waals surface area (Å²) < 4.78 is 26.0. The van der Waals surface area contributed by atoms with Gasteiger partial charge in [0.05, 0.1) is 51.2 Å². The van der Waals surface area contributed by atoms with E-state index in [9.17, 15) is 29.7 Å². The first-order chi connectivity index (χ1) is 40.5. The predicted molar refractivity (Wildman–Crippen MR) is 334 cm³/mol. The van der Waals surface area contributed by atoms with Gasteiger partial charge in [0.1, 0.15) is 23.4 Å². The van der Waals surface area contributed by atoms with E-state index in [1.165, 1.54) is 17.3 Å². The van der Waals surface area contributed by atoms with E-state index in [1.54, 1.807) is 0 Å². The smallest absolute Gasteiger partial charge is 0.262 e. The van der Waals surface area contributed by atoms with Gasteiger partial charge >= 0.3 is 0 Å². The van der Waals surface area contributed by atoms with Gasteiger partial charge in [0.15, 0.2) is 0 Å². The highest BCUT2D eigenvalue weighted by molar-refractivity contribution is 6.23. The molecule has 448 valence electrons. The van der Waals surface area contributed by atoms with Crippen LogP contribution in [-0.2, 0) is 20.4 Å². The molecule has 2 aliphatic carbocycles. The second-order valence-electron chi connectivity index (χ2n) is 22.8. The molecule has 3 fully saturated rings. The van der Waals surface area contributed by atoms with E-state index in [0.717, 1.165) is 161 Å². The second kappa shape index (κ2) is 26.5. The number of carbonyl (C=O) groups is 4. The van der Waals surface area contributed by atoms with Crippen molar-refractivity contribution in [2.24, 2.45) is 5.73 Å². The van der Waals surface area contributed by atoms with Crippen LogP contribution < -0.4 is 26.2 Å². The summed E-state index contributed by atoms with van der Waals surface area (Å²) in [6.45, 7) is 14.8. The maximum absolute atomic E-state index is 15.1. The summed E-state index contributed by atoms with van der Waals surface area (Å²) in [5.74, 6) is -1.68. The van der Waals surface area contributed by atoms with Gasteiger partial charge in [-0.3, -0.25) is 29.4 Å². The molecule has 2 saturated carbocycles. The molecular formula is C69H79FN10O6. The third-order valence-electron chi connectivity index (χ3n) is 17.0. The van der Waals surface area contributed by atoms with Crippen LogP contribution in [0.4, 0.5) is 32.8 Å². The lowest BCUT2D eigenvalue weighted by Gasteiger charge is -2.28. The lowest BCUT2D eigenvalue weighted by Crippen LogP contribution is -2.54. The van der Waals surface area contributed by atoms with E-state index in [-0.39, 0.29) is 55.3 Å². The summed E-state index contributed by atoms with van der Waals surface area (Å²) in [5, 5.41) is 32.8. The summed E-state index contributed by atoms with van der Waals surface area (Å²) in [6.07, 6.45) is 9.27. The third kappa shape index (κ3) is 12.8. The topological polar surface area (TPSA) is 228 Å². The van der Waals surface area contributed by atoms with Crippen LogP contribution in [0.2, 0.25) is 0 Å². The van der Waals surface area contributed by atoms with Crippen LogP contribution >= 0.6 is 0 Å². The zero-order chi connectivity index (χ0) is 59.5. The summed E-state index contributed by atoms with van der Waals surface area (Å²) >= 11 is 0. The average molecular weight is 1160 g/mol. The van der Waals surface area contributed by atoms with Crippen molar-refractivity contribution in [3.8, 4) is 34.4 Å². The van der Waals surface area contributed by atoms with Crippen LogP contribution in [0, 0.1) is 70.0 Å². The zero-order valence-electron chi connectivity index (χ0n) is 48.7. The Labute approximate surface area is 504 Å². The highest BCUT2D eigenvalue weighted by atomic mass is 19.1. The second-order valence-corrected chi connectivity index (χ2v) is 22.8. The normalized spacial score (nSPS) is 15.9. The Morgan fingerprint density at radius 3 is 1.53 bits per heavy atom. The van der Waals surface area contributed by atoms with Gasteiger partial charge in [0, 0.05) is 59.9 Å². The molecule has 1 unspecified atom stereocenters. The lowest BCUT2D eigenvalue weighted by atomic mass is 9.97. The average Bonchev–Trinajstić information content (AvgIpc) is 1.83. The van der Waals surface area contributed by atoms with Crippen molar-refractivity contribution in [1.29, 1.82) is 10.5 Å². The minimum atomic E-state index is -1.11. The number of piperidine rings is 1. The Balaban J connectivity index is 0.000000243. The molecule has 11 rings (SSSR count). The Morgan fingerprint density at radius 2 is 1.12 bits per heavy atom. The van der Waals surface area contributed by atoms with Crippen molar-refractivity contribution < 1.29 is 32.6 Å². The fourth-order valence-electron chi connectivity index (χ4n) is 11.8. The van der Waals surface area contributed by atoms with Crippen LogP contribution in [0.3, 0.4) is 0 Å². The van der Waals surface area contributed by atoms with Crippen molar-refractivity contribution in [3.05, 3.63) is 159 Å². The number of nitrogens with zero attached hydrogens (tertiary/aromatic N) is 7. The third-order valence-corrected chi connectivity index (χ3v) is 17.0. The Morgan fingerprint density at radius 1 is 0.651 bits per heavy atom. The fraction of sp³-hybridized carbons (Fsp3) is 0.391. The van der Waals surface area contributed by atoms with Gasteiger partial charge in [0.25, 0.3) is 11.8 Å². The molecule has 0 bridgehead atoms. The fourth-order valence-corrected chi connectivity index (χ4v) is 11.8.